The van der Waals surface area contributed by atoms with E-state index < -0.39 is 0 Å². The first-order chi connectivity index (χ1) is 12.1. The summed E-state index contributed by atoms with van der Waals surface area (Å²) in [5.41, 5.74) is 1.12. The predicted octanol–water partition coefficient (Wildman–Crippen LogP) is 2.96. The van der Waals surface area contributed by atoms with Gasteiger partial charge in [-0.1, -0.05) is 0 Å². The van der Waals surface area contributed by atoms with Crippen molar-refractivity contribution in [2.24, 2.45) is 5.92 Å². The molecule has 2 aromatic heterocycles. The highest BCUT2D eigenvalue weighted by molar-refractivity contribution is 7.15. The molecular weight excluding hydrogens is 336 g/mol. The molecule has 2 aromatic rings. The summed E-state index contributed by atoms with van der Waals surface area (Å²) in [6.07, 6.45) is 7.10. The number of nitrogens with one attached hydrogen (secondary N) is 1. The van der Waals surface area contributed by atoms with Gasteiger partial charge in [-0.25, -0.2) is 4.98 Å². The Hall–Kier alpha value is -1.99. The van der Waals surface area contributed by atoms with Crippen molar-refractivity contribution in [3.05, 3.63) is 35.1 Å². The molecule has 1 aliphatic heterocycles. The van der Waals surface area contributed by atoms with E-state index in [0.717, 1.165) is 37.5 Å². The van der Waals surface area contributed by atoms with Gasteiger partial charge in [0.2, 0.25) is 5.91 Å². The minimum absolute atomic E-state index is 0.0778. The molecule has 1 saturated heterocycles. The molecule has 0 spiro atoms. The van der Waals surface area contributed by atoms with Crippen molar-refractivity contribution >= 4 is 22.4 Å². The van der Waals surface area contributed by atoms with E-state index in [0.29, 0.717) is 11.0 Å². The molecule has 0 aromatic carbocycles. The average Bonchev–Trinajstić information content (AvgIpc) is 3.02. The zero-order chi connectivity index (χ0) is 17.6. The second-order valence-electron chi connectivity index (χ2n) is 6.45. The molecule has 0 aliphatic carbocycles. The fraction of sp³-hybridized carbons (Fsp3) is 0.500. The van der Waals surface area contributed by atoms with E-state index in [1.165, 1.54) is 24.6 Å². The normalized spacial score (nSPS) is 18.1. The van der Waals surface area contributed by atoms with Gasteiger partial charge in [0.1, 0.15) is 5.75 Å². The Bertz CT molecular complexity index is 701. The van der Waals surface area contributed by atoms with Crippen LogP contribution < -0.4 is 10.1 Å². The second-order valence-corrected chi connectivity index (χ2v) is 7.56. The maximum atomic E-state index is 11.1. The Labute approximate surface area is 152 Å². The van der Waals surface area contributed by atoms with Gasteiger partial charge in [0.05, 0.1) is 13.3 Å². The summed E-state index contributed by atoms with van der Waals surface area (Å²) in [5, 5.41) is 3.42. The number of piperidine rings is 1. The number of rotatable bonds is 6. The third-order valence-corrected chi connectivity index (χ3v) is 5.25. The van der Waals surface area contributed by atoms with Gasteiger partial charge < -0.3 is 10.1 Å². The van der Waals surface area contributed by atoms with Crippen LogP contribution in [0.5, 0.6) is 5.75 Å². The molecule has 0 saturated carbocycles. The van der Waals surface area contributed by atoms with Crippen molar-refractivity contribution in [3.63, 3.8) is 0 Å². The van der Waals surface area contributed by atoms with Crippen molar-refractivity contribution < 1.29 is 9.53 Å². The number of hydrogen-bond acceptors (Lipinski definition) is 6. The highest BCUT2D eigenvalue weighted by Crippen LogP contribution is 2.25. The van der Waals surface area contributed by atoms with E-state index in [1.807, 2.05) is 12.3 Å². The van der Waals surface area contributed by atoms with Crippen molar-refractivity contribution in [1.82, 2.24) is 14.9 Å². The van der Waals surface area contributed by atoms with Crippen molar-refractivity contribution in [2.45, 2.75) is 32.7 Å². The number of methoxy groups -OCH3 is 1. The zero-order valence-corrected chi connectivity index (χ0v) is 15.5. The van der Waals surface area contributed by atoms with Gasteiger partial charge >= 0.3 is 0 Å². The SMILES string of the molecule is COc1ccc(CC2CCCN(Cc3cnc(NC(C)=O)s3)C2)nc1. The first kappa shape index (κ1) is 17.8. The molecule has 3 heterocycles. The maximum absolute atomic E-state index is 11.1. The molecule has 1 N–H and O–H groups in total. The van der Waals surface area contributed by atoms with E-state index in [1.54, 1.807) is 24.6 Å². The number of ether oxygens (including phenoxy) is 1. The summed E-state index contributed by atoms with van der Waals surface area (Å²) >= 11 is 1.55. The highest BCUT2D eigenvalue weighted by atomic mass is 32.1. The van der Waals surface area contributed by atoms with Crippen LogP contribution in [0, 0.1) is 5.92 Å². The van der Waals surface area contributed by atoms with Crippen molar-refractivity contribution in [3.8, 4) is 5.75 Å². The highest BCUT2D eigenvalue weighted by Gasteiger charge is 2.21. The number of carbonyl (C=O) groups is 1. The Morgan fingerprint density at radius 3 is 3.00 bits per heavy atom. The van der Waals surface area contributed by atoms with Crippen LogP contribution in [-0.4, -0.2) is 41.0 Å². The van der Waals surface area contributed by atoms with Gasteiger partial charge in [-0.3, -0.25) is 14.7 Å². The number of carbonyl (C=O) groups excluding carboxylic acids is 1. The van der Waals surface area contributed by atoms with Crippen molar-refractivity contribution in [1.29, 1.82) is 0 Å². The Balaban J connectivity index is 1.53. The number of likely N-dealkylation sites (tertiary alicyclic amines) is 1. The summed E-state index contributed by atoms with van der Waals surface area (Å²) in [4.78, 5) is 23.5. The number of amides is 1. The van der Waals surface area contributed by atoms with E-state index >= 15 is 0 Å². The van der Waals surface area contributed by atoms with Gasteiger partial charge in [-0.2, -0.15) is 0 Å². The lowest BCUT2D eigenvalue weighted by Gasteiger charge is -2.32. The Morgan fingerprint density at radius 2 is 2.28 bits per heavy atom. The monoisotopic (exact) mass is 360 g/mol. The van der Waals surface area contributed by atoms with Crippen LogP contribution in [-0.2, 0) is 17.8 Å². The van der Waals surface area contributed by atoms with Crippen LogP contribution in [0.2, 0.25) is 0 Å². The van der Waals surface area contributed by atoms with Crippen LogP contribution in [0.1, 0.15) is 30.3 Å². The van der Waals surface area contributed by atoms with Crippen molar-refractivity contribution in [2.75, 3.05) is 25.5 Å². The minimum Gasteiger partial charge on any atom is -0.495 e. The number of pyridine rings is 1. The second kappa shape index (κ2) is 8.40. The smallest absolute Gasteiger partial charge is 0.223 e. The lowest BCUT2D eigenvalue weighted by molar-refractivity contribution is -0.114. The largest absolute Gasteiger partial charge is 0.495 e. The van der Waals surface area contributed by atoms with Gasteiger partial charge in [0.15, 0.2) is 5.13 Å². The van der Waals surface area contributed by atoms with Crippen LogP contribution in [0.15, 0.2) is 24.5 Å². The summed E-state index contributed by atoms with van der Waals surface area (Å²) in [5.74, 6) is 1.34. The molecule has 0 bridgehead atoms. The van der Waals surface area contributed by atoms with Crippen LogP contribution in [0.25, 0.3) is 0 Å². The van der Waals surface area contributed by atoms with Gasteiger partial charge in [0.25, 0.3) is 0 Å². The number of aromatic nitrogens is 2. The van der Waals surface area contributed by atoms with Gasteiger partial charge in [-0.15, -0.1) is 11.3 Å². The molecular formula is C18H24N4O2S. The molecule has 1 fully saturated rings. The molecule has 1 unspecified atom stereocenters. The van der Waals surface area contributed by atoms with Crippen LogP contribution in [0.3, 0.4) is 0 Å². The van der Waals surface area contributed by atoms with Gasteiger partial charge in [0, 0.05) is 36.8 Å². The molecule has 6 nitrogen and oxygen atoms in total. The molecule has 1 atom stereocenters. The summed E-state index contributed by atoms with van der Waals surface area (Å²) in [6, 6.07) is 4.03. The Kier molecular flexibility index (Phi) is 5.99. The average molecular weight is 360 g/mol. The first-order valence-electron chi connectivity index (χ1n) is 8.56. The number of anilines is 1. The molecule has 134 valence electrons. The van der Waals surface area contributed by atoms with Crippen LogP contribution >= 0.6 is 11.3 Å². The predicted molar refractivity (Wildman–Crippen MR) is 98.9 cm³/mol. The fourth-order valence-electron chi connectivity index (χ4n) is 3.22. The lowest BCUT2D eigenvalue weighted by Crippen LogP contribution is -2.35. The third-order valence-electron chi connectivity index (χ3n) is 4.35. The van der Waals surface area contributed by atoms with E-state index in [-0.39, 0.29) is 5.91 Å². The molecule has 7 heteroatoms. The van der Waals surface area contributed by atoms with E-state index in [9.17, 15) is 4.79 Å². The zero-order valence-electron chi connectivity index (χ0n) is 14.7. The molecule has 3 rings (SSSR count). The minimum atomic E-state index is -0.0778. The van der Waals surface area contributed by atoms with Gasteiger partial charge in [-0.05, 0) is 43.9 Å². The molecule has 1 aliphatic rings. The molecule has 1 amide bonds. The number of nitrogens with zero attached hydrogens (tertiary/aromatic N) is 3. The van der Waals surface area contributed by atoms with E-state index in [2.05, 4.69) is 26.3 Å². The maximum Gasteiger partial charge on any atom is 0.223 e. The fourth-order valence-corrected chi connectivity index (χ4v) is 4.12. The topological polar surface area (TPSA) is 67.3 Å². The molecule has 25 heavy (non-hydrogen) atoms. The molecule has 0 radical (unpaired) electrons. The van der Waals surface area contributed by atoms with Crippen LogP contribution in [0.4, 0.5) is 5.13 Å². The number of hydrogen-bond donors (Lipinski definition) is 1. The standard InChI is InChI=1S/C18H24N4O2S/c1-13(23)21-18-20-10-17(25-18)12-22-7-3-4-14(11-22)8-15-5-6-16(24-2)9-19-15/h5-6,9-10,14H,3-4,7-8,11-12H2,1-2H3,(H,20,21,23). The summed E-state index contributed by atoms with van der Waals surface area (Å²) in [6.45, 7) is 4.58. The lowest BCUT2D eigenvalue weighted by atomic mass is 9.93. The summed E-state index contributed by atoms with van der Waals surface area (Å²) < 4.78 is 5.17. The first-order valence-corrected chi connectivity index (χ1v) is 9.37. The third kappa shape index (κ3) is 5.24. The Morgan fingerprint density at radius 1 is 1.40 bits per heavy atom. The quantitative estimate of drug-likeness (QED) is 0.858. The van der Waals surface area contributed by atoms with E-state index in [4.69, 9.17) is 4.74 Å². The summed E-state index contributed by atoms with van der Waals surface area (Å²) in [7, 11) is 1.66. The number of thiazole rings is 1.